The first-order valence-corrected chi connectivity index (χ1v) is 6.11. The third-order valence-corrected chi connectivity index (χ3v) is 3.03. The molecule has 94 valence electrons. The molecule has 0 bridgehead atoms. The van der Waals surface area contributed by atoms with E-state index in [4.69, 9.17) is 9.15 Å². The molecule has 1 fully saturated rings. The number of anilines is 1. The van der Waals surface area contributed by atoms with E-state index in [0.717, 1.165) is 19.4 Å². The standard InChI is InChI=1S/C12H18N2O3/c1-3-16-11(15)10-8-17-12(13-10)14-7-5-4-6-9(14)2/h8-9H,3-7H2,1-2H3. The molecule has 1 aromatic heterocycles. The summed E-state index contributed by atoms with van der Waals surface area (Å²) >= 11 is 0. The summed E-state index contributed by atoms with van der Waals surface area (Å²) < 4.78 is 10.2. The Balaban J connectivity index is 2.09. The summed E-state index contributed by atoms with van der Waals surface area (Å²) in [5.74, 6) is -0.424. The number of piperidine rings is 1. The molecule has 0 aliphatic carbocycles. The van der Waals surface area contributed by atoms with E-state index in [1.165, 1.54) is 12.7 Å². The summed E-state index contributed by atoms with van der Waals surface area (Å²) in [6.45, 7) is 5.20. The van der Waals surface area contributed by atoms with Gasteiger partial charge in [0, 0.05) is 12.6 Å². The van der Waals surface area contributed by atoms with Gasteiger partial charge in [0.1, 0.15) is 6.26 Å². The van der Waals surface area contributed by atoms with Crippen LogP contribution in [0.1, 0.15) is 43.6 Å². The molecular weight excluding hydrogens is 220 g/mol. The average molecular weight is 238 g/mol. The van der Waals surface area contributed by atoms with Crippen LogP contribution < -0.4 is 4.90 Å². The molecule has 5 heteroatoms. The van der Waals surface area contributed by atoms with Crippen molar-refractivity contribution < 1.29 is 13.9 Å². The van der Waals surface area contributed by atoms with Gasteiger partial charge in [-0.15, -0.1) is 0 Å². The molecule has 17 heavy (non-hydrogen) atoms. The van der Waals surface area contributed by atoms with Crippen LogP contribution in [-0.4, -0.2) is 30.1 Å². The van der Waals surface area contributed by atoms with E-state index >= 15 is 0 Å². The third kappa shape index (κ3) is 2.60. The van der Waals surface area contributed by atoms with Gasteiger partial charge in [0.05, 0.1) is 6.61 Å². The van der Waals surface area contributed by atoms with Gasteiger partial charge in [0.2, 0.25) is 0 Å². The van der Waals surface area contributed by atoms with Gasteiger partial charge < -0.3 is 14.1 Å². The minimum Gasteiger partial charge on any atom is -0.461 e. The SMILES string of the molecule is CCOC(=O)c1coc(N2CCCCC2C)n1. The number of aromatic nitrogens is 1. The fourth-order valence-corrected chi connectivity index (χ4v) is 2.08. The van der Waals surface area contributed by atoms with Gasteiger partial charge in [-0.05, 0) is 33.1 Å². The molecule has 0 aromatic carbocycles. The lowest BCUT2D eigenvalue weighted by atomic mass is 10.0. The van der Waals surface area contributed by atoms with Crippen molar-refractivity contribution in [2.75, 3.05) is 18.1 Å². The number of carbonyl (C=O) groups excluding carboxylic acids is 1. The maximum atomic E-state index is 11.5. The minimum absolute atomic E-state index is 0.250. The Hall–Kier alpha value is -1.52. The van der Waals surface area contributed by atoms with Crippen molar-refractivity contribution in [1.82, 2.24) is 4.98 Å². The molecule has 1 aliphatic heterocycles. The molecule has 2 rings (SSSR count). The van der Waals surface area contributed by atoms with Gasteiger partial charge >= 0.3 is 5.97 Å². The molecule has 2 heterocycles. The van der Waals surface area contributed by atoms with Crippen molar-refractivity contribution in [1.29, 1.82) is 0 Å². The van der Waals surface area contributed by atoms with Crippen LogP contribution >= 0.6 is 0 Å². The fraction of sp³-hybridized carbons (Fsp3) is 0.667. The van der Waals surface area contributed by atoms with Crippen LogP contribution in [0.15, 0.2) is 10.7 Å². The van der Waals surface area contributed by atoms with Gasteiger partial charge in [0.15, 0.2) is 5.69 Å². The lowest BCUT2D eigenvalue weighted by molar-refractivity contribution is 0.0519. The number of carbonyl (C=O) groups is 1. The molecule has 1 aliphatic rings. The smallest absolute Gasteiger partial charge is 0.360 e. The zero-order chi connectivity index (χ0) is 12.3. The molecule has 0 radical (unpaired) electrons. The van der Waals surface area contributed by atoms with Gasteiger partial charge in [0.25, 0.3) is 6.01 Å². The van der Waals surface area contributed by atoms with E-state index in [9.17, 15) is 4.79 Å². The Labute approximate surface area is 101 Å². The van der Waals surface area contributed by atoms with Gasteiger partial charge in [-0.3, -0.25) is 0 Å². The monoisotopic (exact) mass is 238 g/mol. The minimum atomic E-state index is -0.424. The molecule has 0 saturated carbocycles. The molecular formula is C12H18N2O3. The number of ether oxygens (including phenoxy) is 1. The zero-order valence-corrected chi connectivity index (χ0v) is 10.3. The number of hydrogen-bond acceptors (Lipinski definition) is 5. The molecule has 1 unspecified atom stereocenters. The highest BCUT2D eigenvalue weighted by Crippen LogP contribution is 2.23. The van der Waals surface area contributed by atoms with E-state index in [0.29, 0.717) is 18.7 Å². The van der Waals surface area contributed by atoms with Crippen molar-refractivity contribution in [2.45, 2.75) is 39.2 Å². The van der Waals surface area contributed by atoms with E-state index in [2.05, 4.69) is 16.8 Å². The Kier molecular flexibility index (Phi) is 3.66. The Morgan fingerprint density at radius 2 is 2.47 bits per heavy atom. The predicted octanol–water partition coefficient (Wildman–Crippen LogP) is 2.23. The van der Waals surface area contributed by atoms with Crippen LogP contribution in [0.2, 0.25) is 0 Å². The van der Waals surface area contributed by atoms with Crippen LogP contribution in [0, 0.1) is 0 Å². The number of rotatable bonds is 3. The number of hydrogen-bond donors (Lipinski definition) is 0. The first kappa shape index (κ1) is 12.0. The van der Waals surface area contributed by atoms with Crippen LogP contribution in [0.4, 0.5) is 6.01 Å². The third-order valence-electron chi connectivity index (χ3n) is 3.03. The first-order valence-electron chi connectivity index (χ1n) is 6.11. The van der Waals surface area contributed by atoms with Crippen molar-refractivity contribution in [3.63, 3.8) is 0 Å². The van der Waals surface area contributed by atoms with Crippen molar-refractivity contribution in [3.8, 4) is 0 Å². The molecule has 1 saturated heterocycles. The van der Waals surface area contributed by atoms with Crippen LogP contribution in [0.25, 0.3) is 0 Å². The van der Waals surface area contributed by atoms with E-state index in [1.807, 2.05) is 0 Å². The second kappa shape index (κ2) is 5.21. The highest BCUT2D eigenvalue weighted by atomic mass is 16.5. The summed E-state index contributed by atoms with van der Waals surface area (Å²) in [5.41, 5.74) is 0.250. The van der Waals surface area contributed by atoms with Gasteiger partial charge in [-0.25, -0.2) is 4.79 Å². The van der Waals surface area contributed by atoms with Crippen molar-refractivity contribution in [3.05, 3.63) is 12.0 Å². The summed E-state index contributed by atoms with van der Waals surface area (Å²) in [6, 6.07) is 0.942. The topological polar surface area (TPSA) is 55.6 Å². The molecule has 0 amide bonds. The average Bonchev–Trinajstić information content (AvgIpc) is 2.79. The van der Waals surface area contributed by atoms with Crippen molar-refractivity contribution in [2.24, 2.45) is 0 Å². The number of oxazole rings is 1. The number of nitrogens with zero attached hydrogens (tertiary/aromatic N) is 2. The van der Waals surface area contributed by atoms with E-state index in [-0.39, 0.29) is 5.69 Å². The van der Waals surface area contributed by atoms with Crippen LogP contribution in [0.5, 0.6) is 0 Å². The number of esters is 1. The lowest BCUT2D eigenvalue weighted by Crippen LogP contribution is -2.37. The van der Waals surface area contributed by atoms with Gasteiger partial charge in [-0.1, -0.05) is 0 Å². The van der Waals surface area contributed by atoms with Crippen molar-refractivity contribution >= 4 is 12.0 Å². The molecule has 0 spiro atoms. The fourth-order valence-electron chi connectivity index (χ4n) is 2.08. The first-order chi connectivity index (χ1) is 8.22. The predicted molar refractivity (Wildman–Crippen MR) is 63.1 cm³/mol. The summed E-state index contributed by atoms with van der Waals surface area (Å²) in [5, 5.41) is 0. The lowest BCUT2D eigenvalue weighted by Gasteiger charge is -2.31. The van der Waals surface area contributed by atoms with Crippen LogP contribution in [0.3, 0.4) is 0 Å². The molecule has 1 atom stereocenters. The van der Waals surface area contributed by atoms with E-state index < -0.39 is 5.97 Å². The summed E-state index contributed by atoms with van der Waals surface area (Å²) in [7, 11) is 0. The van der Waals surface area contributed by atoms with Gasteiger partial charge in [-0.2, -0.15) is 4.98 Å². The second-order valence-corrected chi connectivity index (χ2v) is 4.27. The van der Waals surface area contributed by atoms with E-state index in [1.54, 1.807) is 6.92 Å². The summed E-state index contributed by atoms with van der Waals surface area (Å²) in [6.07, 6.45) is 4.89. The highest BCUT2D eigenvalue weighted by Gasteiger charge is 2.24. The Bertz CT molecular complexity index is 389. The normalized spacial score (nSPS) is 20.4. The molecule has 5 nitrogen and oxygen atoms in total. The molecule has 0 N–H and O–H groups in total. The Morgan fingerprint density at radius 3 is 3.18 bits per heavy atom. The largest absolute Gasteiger partial charge is 0.461 e. The highest BCUT2D eigenvalue weighted by molar-refractivity contribution is 5.87. The Morgan fingerprint density at radius 1 is 1.65 bits per heavy atom. The maximum Gasteiger partial charge on any atom is 0.360 e. The summed E-state index contributed by atoms with van der Waals surface area (Å²) in [4.78, 5) is 17.8. The van der Waals surface area contributed by atoms with Crippen LogP contribution in [-0.2, 0) is 4.74 Å². The second-order valence-electron chi connectivity index (χ2n) is 4.27. The maximum absolute atomic E-state index is 11.5. The quantitative estimate of drug-likeness (QED) is 0.756. The zero-order valence-electron chi connectivity index (χ0n) is 10.3. The molecule has 1 aromatic rings.